The second-order valence-electron chi connectivity index (χ2n) is 6.03. The van der Waals surface area contributed by atoms with Crippen molar-refractivity contribution in [3.05, 3.63) is 35.0 Å². The predicted molar refractivity (Wildman–Crippen MR) is 87.4 cm³/mol. The van der Waals surface area contributed by atoms with E-state index in [1.165, 1.54) is 0 Å². The van der Waals surface area contributed by atoms with Crippen molar-refractivity contribution in [2.75, 3.05) is 13.2 Å². The molecule has 122 valence electrons. The number of hydrogen-bond acceptors (Lipinski definition) is 3. The maximum Gasteiger partial charge on any atom is 0.340 e. The predicted octanol–water partition coefficient (Wildman–Crippen LogP) is 2.48. The Morgan fingerprint density at radius 2 is 2.17 bits per heavy atom. The highest BCUT2D eigenvalue weighted by atomic mass is 16.5. The molecule has 1 fully saturated rings. The van der Waals surface area contributed by atoms with Crippen LogP contribution in [-0.2, 0) is 4.74 Å². The number of primary amides is 1. The molecule has 3 N–H and O–H groups in total. The molecule has 0 radical (unpaired) electrons. The van der Waals surface area contributed by atoms with E-state index < -0.39 is 6.03 Å². The SMILES string of the molecule is Cc1[nH]c2c(C(=O)OC[C@H]3CCCN3C(N)=O)cccc2c1C. The lowest BCUT2D eigenvalue weighted by Crippen LogP contribution is -2.41. The molecule has 2 heterocycles. The van der Waals surface area contributed by atoms with Gasteiger partial charge >= 0.3 is 12.0 Å². The van der Waals surface area contributed by atoms with E-state index in [4.69, 9.17) is 10.5 Å². The maximum absolute atomic E-state index is 12.4. The number of urea groups is 1. The number of para-hydroxylation sites is 1. The molecule has 0 bridgehead atoms. The summed E-state index contributed by atoms with van der Waals surface area (Å²) in [5.41, 5.74) is 8.82. The number of rotatable bonds is 3. The number of aromatic amines is 1. The standard InChI is InChI=1S/C17H21N3O3/c1-10-11(2)19-15-13(10)6-3-7-14(15)16(21)23-9-12-5-4-8-20(12)17(18)22/h3,6-7,12,19H,4-5,8-9H2,1-2H3,(H2,18,22)/t12-/m1/s1. The number of likely N-dealkylation sites (tertiary alicyclic amines) is 1. The van der Waals surface area contributed by atoms with Crippen LogP contribution in [0.2, 0.25) is 0 Å². The van der Waals surface area contributed by atoms with Gasteiger partial charge in [-0.1, -0.05) is 12.1 Å². The molecule has 23 heavy (non-hydrogen) atoms. The summed E-state index contributed by atoms with van der Waals surface area (Å²) < 4.78 is 5.44. The zero-order chi connectivity index (χ0) is 16.6. The second-order valence-corrected chi connectivity index (χ2v) is 6.03. The Labute approximate surface area is 134 Å². The van der Waals surface area contributed by atoms with Gasteiger partial charge in [0, 0.05) is 17.6 Å². The first kappa shape index (κ1) is 15.4. The summed E-state index contributed by atoms with van der Waals surface area (Å²) >= 11 is 0. The van der Waals surface area contributed by atoms with E-state index in [1.807, 2.05) is 26.0 Å². The van der Waals surface area contributed by atoms with Crippen molar-refractivity contribution >= 4 is 22.9 Å². The van der Waals surface area contributed by atoms with Crippen LogP contribution in [0.3, 0.4) is 0 Å². The Hall–Kier alpha value is -2.50. The van der Waals surface area contributed by atoms with Crippen LogP contribution in [0.5, 0.6) is 0 Å². The normalized spacial score (nSPS) is 17.7. The highest BCUT2D eigenvalue weighted by Gasteiger charge is 2.28. The van der Waals surface area contributed by atoms with E-state index >= 15 is 0 Å². The second kappa shape index (κ2) is 5.95. The molecule has 1 aromatic carbocycles. The van der Waals surface area contributed by atoms with Crippen LogP contribution in [0.1, 0.15) is 34.5 Å². The molecular formula is C17H21N3O3. The molecule has 2 aromatic rings. The monoisotopic (exact) mass is 315 g/mol. The summed E-state index contributed by atoms with van der Waals surface area (Å²) in [5, 5.41) is 1.02. The summed E-state index contributed by atoms with van der Waals surface area (Å²) in [6.45, 7) is 4.80. The number of H-pyrrole nitrogens is 1. The van der Waals surface area contributed by atoms with Crippen molar-refractivity contribution in [3.8, 4) is 0 Å². The number of carbonyl (C=O) groups excluding carboxylic acids is 2. The lowest BCUT2D eigenvalue weighted by molar-refractivity contribution is 0.0424. The number of amides is 2. The molecule has 1 aliphatic rings. The molecule has 1 atom stereocenters. The smallest absolute Gasteiger partial charge is 0.340 e. The largest absolute Gasteiger partial charge is 0.460 e. The number of hydrogen-bond donors (Lipinski definition) is 2. The lowest BCUT2D eigenvalue weighted by atomic mass is 10.1. The van der Waals surface area contributed by atoms with Crippen molar-refractivity contribution in [1.82, 2.24) is 9.88 Å². The van der Waals surface area contributed by atoms with Gasteiger partial charge < -0.3 is 20.4 Å². The third-order valence-electron chi connectivity index (χ3n) is 4.63. The number of nitrogens with two attached hydrogens (primary N) is 1. The Morgan fingerprint density at radius 3 is 2.91 bits per heavy atom. The average molecular weight is 315 g/mol. The molecule has 6 heteroatoms. The van der Waals surface area contributed by atoms with Crippen LogP contribution < -0.4 is 5.73 Å². The number of ether oxygens (including phenoxy) is 1. The Morgan fingerprint density at radius 1 is 1.39 bits per heavy atom. The molecule has 3 rings (SSSR count). The van der Waals surface area contributed by atoms with E-state index in [0.717, 1.165) is 35.0 Å². The molecular weight excluding hydrogens is 294 g/mol. The summed E-state index contributed by atoms with van der Waals surface area (Å²) in [5.74, 6) is -0.381. The average Bonchev–Trinajstić information content (AvgIpc) is 3.10. The quantitative estimate of drug-likeness (QED) is 0.853. The molecule has 1 saturated heterocycles. The van der Waals surface area contributed by atoms with Crippen molar-refractivity contribution in [3.63, 3.8) is 0 Å². The van der Waals surface area contributed by atoms with Crippen LogP contribution >= 0.6 is 0 Å². The Balaban J connectivity index is 1.76. The number of fused-ring (bicyclic) bond motifs is 1. The molecule has 6 nitrogen and oxygen atoms in total. The molecule has 0 saturated carbocycles. The third kappa shape index (κ3) is 2.76. The van der Waals surface area contributed by atoms with Gasteiger partial charge in [-0.25, -0.2) is 9.59 Å². The van der Waals surface area contributed by atoms with Gasteiger partial charge in [-0.15, -0.1) is 0 Å². The van der Waals surface area contributed by atoms with Gasteiger partial charge in [0.15, 0.2) is 0 Å². The van der Waals surface area contributed by atoms with Gasteiger partial charge in [-0.3, -0.25) is 0 Å². The van der Waals surface area contributed by atoms with Crippen molar-refractivity contribution in [2.45, 2.75) is 32.7 Å². The number of nitrogens with one attached hydrogen (secondary N) is 1. The van der Waals surface area contributed by atoms with E-state index in [-0.39, 0.29) is 18.6 Å². The van der Waals surface area contributed by atoms with Crippen molar-refractivity contribution in [1.29, 1.82) is 0 Å². The number of esters is 1. The molecule has 0 unspecified atom stereocenters. The van der Waals surface area contributed by atoms with Gasteiger partial charge in [0.05, 0.1) is 17.1 Å². The molecule has 0 aliphatic carbocycles. The van der Waals surface area contributed by atoms with Gasteiger partial charge in [0.1, 0.15) is 6.61 Å². The van der Waals surface area contributed by atoms with Gasteiger partial charge in [-0.05, 0) is 38.3 Å². The molecule has 1 aromatic heterocycles. The summed E-state index contributed by atoms with van der Waals surface area (Å²) in [4.78, 5) is 28.6. The highest BCUT2D eigenvalue weighted by molar-refractivity contribution is 6.04. The third-order valence-corrected chi connectivity index (χ3v) is 4.63. The fourth-order valence-corrected chi connectivity index (χ4v) is 3.20. The van der Waals surface area contributed by atoms with E-state index in [0.29, 0.717) is 12.1 Å². The minimum absolute atomic E-state index is 0.122. The minimum atomic E-state index is -0.457. The number of aryl methyl sites for hydroxylation is 2. The number of aromatic nitrogens is 1. The first-order valence-corrected chi connectivity index (χ1v) is 7.80. The number of nitrogens with zero attached hydrogens (tertiary/aromatic N) is 1. The fourth-order valence-electron chi connectivity index (χ4n) is 3.20. The van der Waals surface area contributed by atoms with E-state index in [9.17, 15) is 9.59 Å². The van der Waals surface area contributed by atoms with Gasteiger partial charge in [0.2, 0.25) is 0 Å². The molecule has 2 amide bonds. The van der Waals surface area contributed by atoms with E-state index in [2.05, 4.69) is 4.98 Å². The zero-order valence-electron chi connectivity index (χ0n) is 13.4. The van der Waals surface area contributed by atoms with Gasteiger partial charge in [0.25, 0.3) is 0 Å². The first-order chi connectivity index (χ1) is 11.0. The molecule has 0 spiro atoms. The van der Waals surface area contributed by atoms with Crippen LogP contribution in [0.25, 0.3) is 10.9 Å². The van der Waals surface area contributed by atoms with Gasteiger partial charge in [-0.2, -0.15) is 0 Å². The van der Waals surface area contributed by atoms with E-state index in [1.54, 1.807) is 11.0 Å². The topological polar surface area (TPSA) is 88.4 Å². The number of benzene rings is 1. The van der Waals surface area contributed by atoms with Crippen molar-refractivity contribution < 1.29 is 14.3 Å². The fraction of sp³-hybridized carbons (Fsp3) is 0.412. The maximum atomic E-state index is 12.4. The van der Waals surface area contributed by atoms with Crippen LogP contribution in [0.4, 0.5) is 4.79 Å². The first-order valence-electron chi connectivity index (χ1n) is 7.80. The minimum Gasteiger partial charge on any atom is -0.460 e. The summed E-state index contributed by atoms with van der Waals surface area (Å²) in [6.07, 6.45) is 1.69. The zero-order valence-corrected chi connectivity index (χ0v) is 13.4. The van der Waals surface area contributed by atoms with Crippen LogP contribution in [-0.4, -0.2) is 41.1 Å². The summed E-state index contributed by atoms with van der Waals surface area (Å²) in [6, 6.07) is 5.01. The molecule has 1 aliphatic heterocycles. The van der Waals surface area contributed by atoms with Crippen LogP contribution in [0.15, 0.2) is 18.2 Å². The Bertz CT molecular complexity index is 766. The lowest BCUT2D eigenvalue weighted by Gasteiger charge is -2.22. The highest BCUT2D eigenvalue weighted by Crippen LogP contribution is 2.25. The van der Waals surface area contributed by atoms with Crippen LogP contribution in [0, 0.1) is 13.8 Å². The summed E-state index contributed by atoms with van der Waals surface area (Å²) in [7, 11) is 0. The number of carbonyl (C=O) groups is 2. The van der Waals surface area contributed by atoms with Crippen molar-refractivity contribution in [2.24, 2.45) is 5.73 Å². The Kier molecular flexibility index (Phi) is 3.98.